The molecule has 80 valence electrons. The van der Waals surface area contributed by atoms with E-state index in [9.17, 15) is 0 Å². The summed E-state index contributed by atoms with van der Waals surface area (Å²) in [5.41, 5.74) is 0. The van der Waals surface area contributed by atoms with Crippen LogP contribution in [0.3, 0.4) is 0 Å². The molecule has 0 spiro atoms. The maximum Gasteiger partial charge on any atom is 0.00609 e. The van der Waals surface area contributed by atoms with Crippen molar-refractivity contribution in [1.82, 2.24) is 9.44 Å². The fourth-order valence-corrected chi connectivity index (χ4v) is 2.02. The molecule has 0 heterocycles. The number of unbranched alkanes of at least 4 members (excludes halogenated alkanes) is 3. The lowest BCUT2D eigenvalue weighted by atomic mass is 10.2. The highest BCUT2D eigenvalue weighted by atomic mass is 32.8. The van der Waals surface area contributed by atoms with Gasteiger partial charge >= 0.3 is 0 Å². The molecular formula is C8H20N2S3. The molecular weight excluding hydrogens is 220 g/mol. The maximum absolute atomic E-state index is 5.02. The molecule has 0 aromatic carbocycles. The molecule has 0 aliphatic rings. The van der Waals surface area contributed by atoms with Gasteiger partial charge in [0.05, 0.1) is 0 Å². The highest BCUT2D eigenvalue weighted by molar-refractivity contribution is 8.27. The van der Waals surface area contributed by atoms with Crippen molar-refractivity contribution in [3.8, 4) is 0 Å². The SMILES string of the molecule is CSNCCCCCCNS(C)=S. The summed E-state index contributed by atoms with van der Waals surface area (Å²) in [5.74, 6) is 0. The van der Waals surface area contributed by atoms with Crippen LogP contribution >= 0.6 is 11.9 Å². The maximum atomic E-state index is 5.02. The van der Waals surface area contributed by atoms with Crippen LogP contribution in [0.4, 0.5) is 0 Å². The summed E-state index contributed by atoms with van der Waals surface area (Å²) in [7, 11) is -0.00815. The van der Waals surface area contributed by atoms with Crippen LogP contribution in [0.5, 0.6) is 0 Å². The second kappa shape index (κ2) is 10.9. The van der Waals surface area contributed by atoms with Gasteiger partial charge in [-0.25, -0.2) is 0 Å². The second-order valence-corrected chi connectivity index (χ2v) is 6.25. The molecule has 0 radical (unpaired) electrons. The molecule has 5 heteroatoms. The van der Waals surface area contributed by atoms with Crippen LogP contribution in [0, 0.1) is 0 Å². The van der Waals surface area contributed by atoms with Gasteiger partial charge in [0.2, 0.25) is 0 Å². The molecule has 0 aliphatic carbocycles. The van der Waals surface area contributed by atoms with Crippen LogP contribution in [-0.4, -0.2) is 25.6 Å². The molecule has 0 fully saturated rings. The van der Waals surface area contributed by atoms with Crippen molar-refractivity contribution < 1.29 is 0 Å². The van der Waals surface area contributed by atoms with E-state index in [4.69, 9.17) is 11.2 Å². The first kappa shape index (κ1) is 13.8. The van der Waals surface area contributed by atoms with Crippen LogP contribution in [0.15, 0.2) is 0 Å². The molecule has 0 saturated carbocycles. The molecule has 0 saturated heterocycles. The molecule has 0 amide bonds. The zero-order valence-corrected chi connectivity index (χ0v) is 10.9. The van der Waals surface area contributed by atoms with E-state index in [-0.39, 0.29) is 9.64 Å². The van der Waals surface area contributed by atoms with E-state index in [1.807, 2.05) is 6.26 Å². The van der Waals surface area contributed by atoms with Gasteiger partial charge in [0, 0.05) is 13.1 Å². The molecule has 0 bridgehead atoms. The summed E-state index contributed by atoms with van der Waals surface area (Å²) >= 11 is 6.72. The lowest BCUT2D eigenvalue weighted by Crippen LogP contribution is -2.15. The van der Waals surface area contributed by atoms with Gasteiger partial charge in [0.15, 0.2) is 0 Å². The van der Waals surface area contributed by atoms with Crippen molar-refractivity contribution in [1.29, 1.82) is 0 Å². The van der Waals surface area contributed by atoms with Crippen molar-refractivity contribution in [2.75, 3.05) is 25.6 Å². The number of nitrogens with one attached hydrogen (secondary N) is 2. The Hall–Kier alpha value is 0.840. The topological polar surface area (TPSA) is 24.1 Å². The van der Waals surface area contributed by atoms with Crippen molar-refractivity contribution in [3.63, 3.8) is 0 Å². The summed E-state index contributed by atoms with van der Waals surface area (Å²) in [6.07, 6.45) is 9.28. The lowest BCUT2D eigenvalue weighted by Gasteiger charge is -2.03. The molecule has 2 nitrogen and oxygen atoms in total. The smallest absolute Gasteiger partial charge is 0.00609 e. The number of rotatable bonds is 9. The highest BCUT2D eigenvalue weighted by Gasteiger charge is 1.90. The van der Waals surface area contributed by atoms with Gasteiger partial charge in [-0.05, 0) is 36.5 Å². The standard InChI is InChI=1S/C8H20N2S3/c1-12-9-7-5-3-4-6-8-10-13(2)11/h9-10H,3-8H2,1-2H3. The molecule has 0 aromatic rings. The van der Waals surface area contributed by atoms with Gasteiger partial charge < -0.3 is 0 Å². The first-order chi connectivity index (χ1) is 6.27. The van der Waals surface area contributed by atoms with E-state index in [1.54, 1.807) is 11.9 Å². The van der Waals surface area contributed by atoms with E-state index in [0.717, 1.165) is 13.1 Å². The molecule has 0 aromatic heterocycles. The largest absolute Gasteiger partial charge is 0.264 e. The van der Waals surface area contributed by atoms with Gasteiger partial charge in [0.1, 0.15) is 0 Å². The van der Waals surface area contributed by atoms with Crippen LogP contribution in [0.25, 0.3) is 0 Å². The summed E-state index contributed by atoms with van der Waals surface area (Å²) in [5, 5.41) is 0. The minimum absolute atomic E-state index is 0.00815. The first-order valence-corrected chi connectivity index (χ1v) is 8.38. The predicted octanol–water partition coefficient (Wildman–Crippen LogP) is 1.63. The third-order valence-corrected chi connectivity index (χ3v) is 3.11. The molecule has 2 N–H and O–H groups in total. The Bertz CT molecular complexity index is 131. The number of hydrogen-bond donors (Lipinski definition) is 2. The third kappa shape index (κ3) is 12.8. The van der Waals surface area contributed by atoms with Gasteiger partial charge in [-0.2, -0.15) is 0 Å². The van der Waals surface area contributed by atoms with Crippen molar-refractivity contribution >= 4 is 32.8 Å². The summed E-state index contributed by atoms with van der Waals surface area (Å²) < 4.78 is 6.51. The van der Waals surface area contributed by atoms with Crippen LogP contribution < -0.4 is 9.44 Å². The Morgan fingerprint density at radius 3 is 2.31 bits per heavy atom. The first-order valence-electron chi connectivity index (χ1n) is 4.60. The van der Waals surface area contributed by atoms with Crippen LogP contribution in [0.1, 0.15) is 25.7 Å². The Morgan fingerprint density at radius 1 is 1.15 bits per heavy atom. The van der Waals surface area contributed by atoms with Gasteiger partial charge in [-0.3, -0.25) is 9.44 Å². The summed E-state index contributed by atoms with van der Waals surface area (Å²) in [6.45, 7) is 2.22. The van der Waals surface area contributed by atoms with Crippen LogP contribution in [-0.2, 0) is 20.8 Å². The Labute approximate surface area is 93.5 Å². The van der Waals surface area contributed by atoms with Crippen molar-refractivity contribution in [2.24, 2.45) is 0 Å². The van der Waals surface area contributed by atoms with E-state index in [0.29, 0.717) is 0 Å². The molecule has 1 unspecified atom stereocenters. The molecule has 13 heavy (non-hydrogen) atoms. The normalized spacial score (nSPS) is 13.1. The predicted molar refractivity (Wildman–Crippen MR) is 68.6 cm³/mol. The zero-order chi connectivity index (χ0) is 9.94. The summed E-state index contributed by atoms with van der Waals surface area (Å²) in [4.78, 5) is 0. The Balaban J connectivity index is 2.87. The average Bonchev–Trinajstić information content (AvgIpc) is 2.09. The van der Waals surface area contributed by atoms with Crippen LogP contribution in [0.2, 0.25) is 0 Å². The van der Waals surface area contributed by atoms with E-state index < -0.39 is 0 Å². The van der Waals surface area contributed by atoms with Gasteiger partial charge in [0.25, 0.3) is 0 Å². The monoisotopic (exact) mass is 240 g/mol. The minimum Gasteiger partial charge on any atom is -0.264 e. The second-order valence-electron chi connectivity index (χ2n) is 2.86. The molecule has 0 rings (SSSR count). The Morgan fingerprint density at radius 2 is 1.77 bits per heavy atom. The van der Waals surface area contributed by atoms with Crippen molar-refractivity contribution in [3.05, 3.63) is 0 Å². The van der Waals surface area contributed by atoms with Gasteiger partial charge in [-0.15, -0.1) is 0 Å². The molecule has 0 aliphatic heterocycles. The fourth-order valence-electron chi connectivity index (χ4n) is 0.994. The lowest BCUT2D eigenvalue weighted by molar-refractivity contribution is 0.635. The van der Waals surface area contributed by atoms with Crippen molar-refractivity contribution in [2.45, 2.75) is 25.7 Å². The number of hydrogen-bond acceptors (Lipinski definition) is 3. The van der Waals surface area contributed by atoms with E-state index >= 15 is 0 Å². The minimum atomic E-state index is -0.00815. The summed E-state index contributed by atoms with van der Waals surface area (Å²) in [6, 6.07) is 0. The van der Waals surface area contributed by atoms with E-state index in [1.165, 1.54) is 25.7 Å². The van der Waals surface area contributed by atoms with E-state index in [2.05, 4.69) is 15.7 Å². The quantitative estimate of drug-likeness (QED) is 0.472. The van der Waals surface area contributed by atoms with Gasteiger partial charge in [-0.1, -0.05) is 34.4 Å². The zero-order valence-electron chi connectivity index (χ0n) is 8.47. The Kier molecular flexibility index (Phi) is 11.6. The fraction of sp³-hybridized carbons (Fsp3) is 1.00. The highest BCUT2D eigenvalue weighted by Crippen LogP contribution is 1.98. The average molecular weight is 240 g/mol. The molecule has 1 atom stereocenters. The third-order valence-electron chi connectivity index (χ3n) is 1.66.